The molecular formula is C67H45NO. The van der Waals surface area contributed by atoms with Gasteiger partial charge in [0.05, 0.1) is 5.41 Å². The first kappa shape index (κ1) is 40.3. The molecule has 0 saturated carbocycles. The van der Waals surface area contributed by atoms with Crippen LogP contribution < -0.4 is 4.90 Å². The first-order valence-corrected chi connectivity index (χ1v) is 23.7. The van der Waals surface area contributed by atoms with Gasteiger partial charge in [-0.15, -0.1) is 0 Å². The summed E-state index contributed by atoms with van der Waals surface area (Å²) in [6.45, 7) is 0. The summed E-state index contributed by atoms with van der Waals surface area (Å²) in [6.07, 6.45) is 0. The minimum Gasteiger partial charge on any atom is -0.455 e. The number of nitrogens with zero attached hydrogens (tertiary/aromatic N) is 1. The molecule has 1 aliphatic carbocycles. The normalized spacial score (nSPS) is 12.5. The Morgan fingerprint density at radius 3 is 1.33 bits per heavy atom. The van der Waals surface area contributed by atoms with Crippen LogP contribution in [-0.4, -0.2) is 0 Å². The van der Waals surface area contributed by atoms with Gasteiger partial charge in [-0.05, 0) is 121 Å². The number of hydrogen-bond acceptors (Lipinski definition) is 2. The Balaban J connectivity index is 0.923. The quantitative estimate of drug-likeness (QED) is 0.144. The molecule has 0 N–H and O–H groups in total. The van der Waals surface area contributed by atoms with Gasteiger partial charge in [0.25, 0.3) is 0 Å². The molecule has 13 rings (SSSR count). The highest BCUT2D eigenvalue weighted by molar-refractivity contribution is 6.10. The van der Waals surface area contributed by atoms with Crippen molar-refractivity contribution < 1.29 is 4.42 Å². The largest absolute Gasteiger partial charge is 0.455 e. The highest BCUT2D eigenvalue weighted by Crippen LogP contribution is 2.57. The van der Waals surface area contributed by atoms with Crippen molar-refractivity contribution >= 4 is 39.0 Å². The zero-order valence-electron chi connectivity index (χ0n) is 37.8. The predicted molar refractivity (Wildman–Crippen MR) is 287 cm³/mol. The van der Waals surface area contributed by atoms with Crippen LogP contribution in [0, 0.1) is 0 Å². The van der Waals surface area contributed by atoms with E-state index in [1.165, 1.54) is 55.6 Å². The third-order valence-corrected chi connectivity index (χ3v) is 14.2. The molecule has 0 saturated heterocycles. The second-order valence-corrected chi connectivity index (χ2v) is 18.0. The van der Waals surface area contributed by atoms with Gasteiger partial charge in [0.1, 0.15) is 11.2 Å². The monoisotopic (exact) mass is 879 g/mol. The molecule has 0 unspecified atom stereocenters. The average molecular weight is 880 g/mol. The topological polar surface area (TPSA) is 16.4 Å². The summed E-state index contributed by atoms with van der Waals surface area (Å²) in [7, 11) is 0. The fourth-order valence-corrected chi connectivity index (χ4v) is 10.9. The number of furan rings is 1. The number of benzene rings is 11. The molecule has 0 radical (unpaired) electrons. The lowest BCUT2D eigenvalue weighted by Crippen LogP contribution is -2.28. The van der Waals surface area contributed by atoms with Crippen LogP contribution in [0.5, 0.6) is 0 Å². The van der Waals surface area contributed by atoms with Gasteiger partial charge >= 0.3 is 0 Å². The van der Waals surface area contributed by atoms with Crippen LogP contribution in [0.4, 0.5) is 17.1 Å². The smallest absolute Gasteiger partial charge is 0.143 e. The molecule has 1 aliphatic rings. The molecule has 324 valence electrons. The summed E-state index contributed by atoms with van der Waals surface area (Å²) < 4.78 is 6.55. The number of rotatable bonds is 9. The van der Waals surface area contributed by atoms with Gasteiger partial charge in [0.15, 0.2) is 0 Å². The molecule has 0 aliphatic heterocycles. The van der Waals surface area contributed by atoms with E-state index in [4.69, 9.17) is 4.42 Å². The minimum atomic E-state index is -0.471. The summed E-state index contributed by atoms with van der Waals surface area (Å²) in [4.78, 5) is 2.40. The number of anilines is 3. The SMILES string of the molecule is c1ccc(-c2ccc(-c3ccc(N(c4ccc(-c5ccc6oc7c(-c8ccccc8)cccc7c6c5)cc4)c4ccc5c(c4)-c4ccccc4C5(c4ccccc4)c4ccccc4)cc3)cc2)cc1. The summed E-state index contributed by atoms with van der Waals surface area (Å²) in [5, 5.41) is 2.23. The number of fused-ring (bicyclic) bond motifs is 6. The van der Waals surface area contributed by atoms with Gasteiger partial charge in [-0.3, -0.25) is 0 Å². The summed E-state index contributed by atoms with van der Waals surface area (Å²) in [5.41, 5.74) is 21.5. The maximum absolute atomic E-state index is 6.55. The second-order valence-electron chi connectivity index (χ2n) is 18.0. The molecule has 0 fully saturated rings. The fraction of sp³-hybridized carbons (Fsp3) is 0.0149. The Bertz CT molecular complexity index is 3740. The standard InChI is InChI=1S/C67H45NO/c1-5-16-46(17-6-1)47-28-30-48(31-29-47)49-32-37-55(38-33-49)68(56-39-34-50(35-40-56)52-36-43-65-62(44-52)60-26-15-25-58(66(60)69-65)51-18-7-2-8-19-51)57-41-42-64-61(45-57)59-24-13-14-27-63(59)67(64,53-20-9-3-10-21-53)54-22-11-4-12-23-54/h1-45H. The van der Waals surface area contributed by atoms with Gasteiger partial charge in [-0.1, -0.05) is 224 Å². The van der Waals surface area contributed by atoms with Gasteiger partial charge in [0, 0.05) is 33.4 Å². The Labute approximate surface area is 402 Å². The first-order chi connectivity index (χ1) is 34.2. The van der Waals surface area contributed by atoms with Crippen LogP contribution in [0.25, 0.3) is 77.6 Å². The van der Waals surface area contributed by atoms with E-state index in [0.29, 0.717) is 0 Å². The molecule has 0 atom stereocenters. The van der Waals surface area contributed by atoms with E-state index in [1.54, 1.807) is 0 Å². The van der Waals surface area contributed by atoms with Crippen LogP contribution in [-0.2, 0) is 5.41 Å². The summed E-state index contributed by atoms with van der Waals surface area (Å²) in [5.74, 6) is 0. The van der Waals surface area contributed by atoms with Crippen LogP contribution >= 0.6 is 0 Å². The lowest BCUT2D eigenvalue weighted by atomic mass is 9.68. The third-order valence-electron chi connectivity index (χ3n) is 14.2. The Morgan fingerprint density at radius 1 is 0.275 bits per heavy atom. The summed E-state index contributed by atoms with van der Waals surface area (Å²) >= 11 is 0. The lowest BCUT2D eigenvalue weighted by molar-refractivity contribution is 0.670. The van der Waals surface area contributed by atoms with E-state index in [9.17, 15) is 0 Å². The molecule has 2 nitrogen and oxygen atoms in total. The zero-order valence-corrected chi connectivity index (χ0v) is 37.8. The first-order valence-electron chi connectivity index (χ1n) is 23.7. The maximum atomic E-state index is 6.55. The fourth-order valence-electron chi connectivity index (χ4n) is 10.9. The molecule has 11 aromatic carbocycles. The van der Waals surface area contributed by atoms with Crippen molar-refractivity contribution in [1.82, 2.24) is 0 Å². The minimum absolute atomic E-state index is 0.471. The van der Waals surface area contributed by atoms with Gasteiger partial charge in [-0.25, -0.2) is 0 Å². The van der Waals surface area contributed by atoms with Gasteiger partial charge in [-0.2, -0.15) is 0 Å². The molecule has 12 aromatic rings. The van der Waals surface area contributed by atoms with Crippen molar-refractivity contribution in [1.29, 1.82) is 0 Å². The van der Waals surface area contributed by atoms with Crippen LogP contribution in [0.15, 0.2) is 277 Å². The third kappa shape index (κ3) is 6.80. The molecule has 0 spiro atoms. The Kier molecular flexibility index (Phi) is 9.77. The van der Waals surface area contributed by atoms with Crippen molar-refractivity contribution in [2.75, 3.05) is 4.90 Å². The highest BCUT2D eigenvalue weighted by atomic mass is 16.3. The van der Waals surface area contributed by atoms with E-state index < -0.39 is 5.41 Å². The van der Waals surface area contributed by atoms with Crippen LogP contribution in [0.1, 0.15) is 22.3 Å². The molecule has 69 heavy (non-hydrogen) atoms. The molecule has 0 amide bonds. The second kappa shape index (κ2) is 16.7. The van der Waals surface area contributed by atoms with Crippen LogP contribution in [0.3, 0.4) is 0 Å². The van der Waals surface area contributed by atoms with E-state index in [-0.39, 0.29) is 0 Å². The number of para-hydroxylation sites is 1. The summed E-state index contributed by atoms with van der Waals surface area (Å²) in [6, 6.07) is 99.1. The van der Waals surface area contributed by atoms with Gasteiger partial charge in [0.2, 0.25) is 0 Å². The van der Waals surface area contributed by atoms with Crippen molar-refractivity contribution in [3.05, 3.63) is 295 Å². The van der Waals surface area contributed by atoms with E-state index in [0.717, 1.165) is 61.3 Å². The van der Waals surface area contributed by atoms with Crippen molar-refractivity contribution in [2.24, 2.45) is 0 Å². The molecule has 0 bridgehead atoms. The highest BCUT2D eigenvalue weighted by Gasteiger charge is 2.46. The van der Waals surface area contributed by atoms with E-state index in [1.807, 2.05) is 0 Å². The van der Waals surface area contributed by atoms with E-state index >= 15 is 0 Å². The van der Waals surface area contributed by atoms with Crippen molar-refractivity contribution in [3.8, 4) is 55.6 Å². The zero-order chi connectivity index (χ0) is 45.7. The number of hydrogen-bond donors (Lipinski definition) is 0. The lowest BCUT2D eigenvalue weighted by Gasteiger charge is -2.34. The van der Waals surface area contributed by atoms with E-state index in [2.05, 4.69) is 278 Å². The molecule has 2 heteroatoms. The Hall–Kier alpha value is -8.98. The van der Waals surface area contributed by atoms with Crippen molar-refractivity contribution in [2.45, 2.75) is 5.41 Å². The van der Waals surface area contributed by atoms with Gasteiger partial charge < -0.3 is 9.32 Å². The molecule has 1 heterocycles. The van der Waals surface area contributed by atoms with Crippen molar-refractivity contribution in [3.63, 3.8) is 0 Å². The maximum Gasteiger partial charge on any atom is 0.143 e. The van der Waals surface area contributed by atoms with Crippen LogP contribution in [0.2, 0.25) is 0 Å². The molecule has 1 aromatic heterocycles. The molecular weight excluding hydrogens is 835 g/mol. The average Bonchev–Trinajstić information content (AvgIpc) is 3.96. The predicted octanol–water partition coefficient (Wildman–Crippen LogP) is 18.1. The Morgan fingerprint density at radius 2 is 0.725 bits per heavy atom.